The molecule has 0 aromatic carbocycles. The van der Waals surface area contributed by atoms with Crippen molar-refractivity contribution >= 4 is 17.3 Å². The van der Waals surface area contributed by atoms with Crippen molar-refractivity contribution in [3.8, 4) is 0 Å². The first-order valence-electron chi connectivity index (χ1n) is 5.50. The predicted octanol–water partition coefficient (Wildman–Crippen LogP) is 0.105. The van der Waals surface area contributed by atoms with Gasteiger partial charge in [0.2, 0.25) is 0 Å². The number of rotatable bonds is 2. The summed E-state index contributed by atoms with van der Waals surface area (Å²) < 4.78 is 5.46. The number of morpholine rings is 1. The van der Waals surface area contributed by atoms with E-state index in [-0.39, 0.29) is 12.7 Å². The Morgan fingerprint density at radius 3 is 2.93 bits per heavy atom. The van der Waals surface area contributed by atoms with Crippen LogP contribution in [0.3, 0.4) is 0 Å². The molecule has 1 aliphatic heterocycles. The van der Waals surface area contributed by atoms with Crippen LogP contribution in [0.15, 0.2) is 0 Å². The molecule has 4 nitrogen and oxygen atoms in total. The molecule has 2 atom stereocenters. The second kappa shape index (κ2) is 4.63. The molecule has 86 valence electrons. The summed E-state index contributed by atoms with van der Waals surface area (Å²) in [6.45, 7) is 3.48. The maximum atomic E-state index is 9.06. The molecule has 5 heteroatoms. The van der Waals surface area contributed by atoms with E-state index in [1.165, 1.54) is 12.8 Å². The minimum absolute atomic E-state index is 0.0647. The first kappa shape index (κ1) is 11.1. The number of ether oxygens (including phenoxy) is 1. The van der Waals surface area contributed by atoms with Crippen LogP contribution in [0.1, 0.15) is 19.8 Å². The molecule has 0 spiro atoms. The summed E-state index contributed by atoms with van der Waals surface area (Å²) in [5.41, 5.74) is 0. The molecule has 1 aliphatic carbocycles. The van der Waals surface area contributed by atoms with Gasteiger partial charge in [-0.15, -0.1) is 0 Å². The maximum Gasteiger partial charge on any atom is 0.169 e. The molecule has 1 heterocycles. The van der Waals surface area contributed by atoms with E-state index in [1.54, 1.807) is 0 Å². The highest BCUT2D eigenvalue weighted by molar-refractivity contribution is 7.80. The monoisotopic (exact) mass is 230 g/mol. The molecule has 0 amide bonds. The van der Waals surface area contributed by atoms with Crippen molar-refractivity contribution in [2.24, 2.45) is 0 Å². The number of aliphatic hydroxyl groups excluding tert-OH is 1. The molecule has 1 saturated heterocycles. The fourth-order valence-electron chi connectivity index (χ4n) is 1.70. The van der Waals surface area contributed by atoms with Gasteiger partial charge >= 0.3 is 0 Å². The molecule has 0 aromatic heterocycles. The Kier molecular flexibility index (Phi) is 3.43. The lowest BCUT2D eigenvalue weighted by Gasteiger charge is -2.39. The summed E-state index contributed by atoms with van der Waals surface area (Å²) in [7, 11) is 0. The standard InChI is InChI=1S/C10H18N2O2S/c1-7-6-14-9(5-13)4-12(7)10(15)11-8-2-3-8/h7-9,13H,2-6H2,1H3,(H,11,15). The van der Waals surface area contributed by atoms with Crippen LogP contribution in [0.25, 0.3) is 0 Å². The van der Waals surface area contributed by atoms with Crippen molar-refractivity contribution in [1.82, 2.24) is 10.2 Å². The average Bonchev–Trinajstić information content (AvgIpc) is 3.02. The van der Waals surface area contributed by atoms with Gasteiger partial charge < -0.3 is 20.1 Å². The van der Waals surface area contributed by atoms with Crippen molar-refractivity contribution in [3.05, 3.63) is 0 Å². The topological polar surface area (TPSA) is 44.7 Å². The van der Waals surface area contributed by atoms with Crippen molar-refractivity contribution in [2.45, 2.75) is 38.0 Å². The van der Waals surface area contributed by atoms with Crippen LogP contribution in [-0.2, 0) is 4.74 Å². The highest BCUT2D eigenvalue weighted by Crippen LogP contribution is 2.20. The molecule has 2 fully saturated rings. The molecule has 1 saturated carbocycles. The summed E-state index contributed by atoms with van der Waals surface area (Å²) in [4.78, 5) is 2.12. The Bertz CT molecular complexity index is 246. The summed E-state index contributed by atoms with van der Waals surface area (Å²) in [6.07, 6.45) is 2.35. The van der Waals surface area contributed by atoms with E-state index >= 15 is 0 Å². The second-order valence-corrected chi connectivity index (χ2v) is 4.75. The minimum Gasteiger partial charge on any atom is -0.394 e. The van der Waals surface area contributed by atoms with Crippen molar-refractivity contribution in [1.29, 1.82) is 0 Å². The Morgan fingerprint density at radius 2 is 2.33 bits per heavy atom. The van der Waals surface area contributed by atoms with Gasteiger partial charge in [-0.05, 0) is 32.0 Å². The number of nitrogens with one attached hydrogen (secondary N) is 1. The smallest absolute Gasteiger partial charge is 0.169 e. The third kappa shape index (κ3) is 2.80. The lowest BCUT2D eigenvalue weighted by molar-refractivity contribution is -0.0562. The average molecular weight is 230 g/mol. The quantitative estimate of drug-likeness (QED) is 0.659. The SMILES string of the molecule is CC1COC(CO)CN1C(=S)NC1CC1. The fourth-order valence-corrected chi connectivity index (χ4v) is 2.12. The van der Waals surface area contributed by atoms with Crippen molar-refractivity contribution in [2.75, 3.05) is 19.8 Å². The summed E-state index contributed by atoms with van der Waals surface area (Å²) >= 11 is 5.35. The number of hydrogen-bond acceptors (Lipinski definition) is 3. The Balaban J connectivity index is 1.88. The van der Waals surface area contributed by atoms with Gasteiger partial charge in [0, 0.05) is 12.6 Å². The molecular weight excluding hydrogens is 212 g/mol. The summed E-state index contributed by atoms with van der Waals surface area (Å²) in [5.74, 6) is 0. The lowest BCUT2D eigenvalue weighted by Crippen LogP contribution is -2.55. The number of hydrogen-bond donors (Lipinski definition) is 2. The van der Waals surface area contributed by atoms with Crippen LogP contribution >= 0.6 is 12.2 Å². The molecule has 2 unspecified atom stereocenters. The van der Waals surface area contributed by atoms with E-state index in [1.807, 2.05) is 0 Å². The zero-order chi connectivity index (χ0) is 10.8. The van der Waals surface area contributed by atoms with Crippen LogP contribution < -0.4 is 5.32 Å². The van der Waals surface area contributed by atoms with Crippen molar-refractivity contribution in [3.63, 3.8) is 0 Å². The van der Waals surface area contributed by atoms with Crippen molar-refractivity contribution < 1.29 is 9.84 Å². The predicted molar refractivity (Wildman–Crippen MR) is 61.7 cm³/mol. The fraction of sp³-hybridized carbons (Fsp3) is 0.900. The van der Waals surface area contributed by atoms with Gasteiger partial charge in [0.15, 0.2) is 5.11 Å². The maximum absolute atomic E-state index is 9.06. The third-order valence-corrected chi connectivity index (χ3v) is 3.23. The number of thiocarbonyl (C=S) groups is 1. The molecule has 0 radical (unpaired) electrons. The van der Waals surface area contributed by atoms with E-state index in [0.29, 0.717) is 25.2 Å². The normalized spacial score (nSPS) is 31.5. The lowest BCUT2D eigenvalue weighted by atomic mass is 10.2. The summed E-state index contributed by atoms with van der Waals surface area (Å²) in [6, 6.07) is 0.881. The van der Waals surface area contributed by atoms with Gasteiger partial charge in [-0.25, -0.2) is 0 Å². The van der Waals surface area contributed by atoms with Gasteiger partial charge in [-0.1, -0.05) is 0 Å². The highest BCUT2D eigenvalue weighted by atomic mass is 32.1. The Morgan fingerprint density at radius 1 is 1.60 bits per heavy atom. The third-order valence-electron chi connectivity index (χ3n) is 2.87. The second-order valence-electron chi connectivity index (χ2n) is 4.36. The van der Waals surface area contributed by atoms with Crippen LogP contribution in [-0.4, -0.2) is 53.1 Å². The molecule has 2 N–H and O–H groups in total. The zero-order valence-electron chi connectivity index (χ0n) is 8.98. The Hall–Kier alpha value is -0.390. The zero-order valence-corrected chi connectivity index (χ0v) is 9.80. The van der Waals surface area contributed by atoms with E-state index in [0.717, 1.165) is 5.11 Å². The first-order chi connectivity index (χ1) is 7.20. The van der Waals surface area contributed by atoms with Crippen LogP contribution in [0.2, 0.25) is 0 Å². The van der Waals surface area contributed by atoms with E-state index < -0.39 is 0 Å². The molecule has 0 bridgehead atoms. The highest BCUT2D eigenvalue weighted by Gasteiger charge is 2.30. The van der Waals surface area contributed by atoms with Gasteiger partial charge in [0.1, 0.15) is 0 Å². The van der Waals surface area contributed by atoms with E-state index in [4.69, 9.17) is 22.1 Å². The number of aliphatic hydroxyl groups is 1. The Labute approximate surface area is 95.6 Å². The molecular formula is C10H18N2O2S. The minimum atomic E-state index is -0.0971. The van der Waals surface area contributed by atoms with Gasteiger partial charge in [0.25, 0.3) is 0 Å². The molecule has 0 aromatic rings. The van der Waals surface area contributed by atoms with Crippen LogP contribution in [0, 0.1) is 0 Å². The van der Waals surface area contributed by atoms with Crippen LogP contribution in [0.5, 0.6) is 0 Å². The summed E-state index contributed by atoms with van der Waals surface area (Å²) in [5, 5.41) is 13.2. The van der Waals surface area contributed by atoms with E-state index in [2.05, 4.69) is 17.1 Å². The molecule has 15 heavy (non-hydrogen) atoms. The van der Waals surface area contributed by atoms with Crippen LogP contribution in [0.4, 0.5) is 0 Å². The van der Waals surface area contributed by atoms with Gasteiger partial charge in [-0.2, -0.15) is 0 Å². The van der Waals surface area contributed by atoms with Gasteiger partial charge in [-0.3, -0.25) is 0 Å². The molecule has 2 aliphatic rings. The van der Waals surface area contributed by atoms with Gasteiger partial charge in [0.05, 0.1) is 25.4 Å². The first-order valence-corrected chi connectivity index (χ1v) is 5.91. The largest absolute Gasteiger partial charge is 0.394 e. The number of nitrogens with zero attached hydrogens (tertiary/aromatic N) is 1. The molecule has 2 rings (SSSR count). The van der Waals surface area contributed by atoms with E-state index in [9.17, 15) is 0 Å².